The number of halogens is 1. The first-order chi connectivity index (χ1) is 9.80. The first-order valence-corrected chi connectivity index (χ1v) is 9.61. The SMILES string of the molecule is CSC1(CNS(=O)(=O)c2cc(N)cc(F)c2C)CCCC1. The second-order valence-electron chi connectivity index (χ2n) is 5.54. The lowest BCUT2D eigenvalue weighted by atomic mass is 10.1. The van der Waals surface area contributed by atoms with E-state index >= 15 is 0 Å². The Bertz CT molecular complexity index is 626. The molecule has 3 N–H and O–H groups in total. The smallest absolute Gasteiger partial charge is 0.241 e. The Morgan fingerprint density at radius 1 is 1.38 bits per heavy atom. The quantitative estimate of drug-likeness (QED) is 0.813. The van der Waals surface area contributed by atoms with E-state index in [1.807, 2.05) is 6.26 Å². The van der Waals surface area contributed by atoms with Crippen LogP contribution in [-0.4, -0.2) is 26.0 Å². The van der Waals surface area contributed by atoms with Crippen molar-refractivity contribution in [1.82, 2.24) is 4.72 Å². The van der Waals surface area contributed by atoms with Crippen LogP contribution < -0.4 is 10.5 Å². The molecule has 0 atom stereocenters. The van der Waals surface area contributed by atoms with E-state index in [1.165, 1.54) is 13.0 Å². The number of nitrogens with two attached hydrogens (primary N) is 1. The molecular weight excluding hydrogens is 311 g/mol. The predicted octanol–water partition coefficient (Wildman–Crippen LogP) is 2.67. The van der Waals surface area contributed by atoms with Crippen LogP contribution in [0, 0.1) is 12.7 Å². The number of thioether (sulfide) groups is 1. The minimum atomic E-state index is -3.75. The lowest BCUT2D eigenvalue weighted by Crippen LogP contribution is -2.38. The van der Waals surface area contributed by atoms with Crippen LogP contribution in [0.1, 0.15) is 31.2 Å². The first kappa shape index (κ1) is 16.6. The second-order valence-corrected chi connectivity index (χ2v) is 8.55. The van der Waals surface area contributed by atoms with Crippen molar-refractivity contribution in [2.45, 2.75) is 42.2 Å². The van der Waals surface area contributed by atoms with Crippen LogP contribution >= 0.6 is 11.8 Å². The number of sulfonamides is 1. The summed E-state index contributed by atoms with van der Waals surface area (Å²) in [7, 11) is -3.75. The molecule has 0 bridgehead atoms. The lowest BCUT2D eigenvalue weighted by Gasteiger charge is -2.27. The van der Waals surface area contributed by atoms with Crippen molar-refractivity contribution in [2.75, 3.05) is 18.5 Å². The summed E-state index contributed by atoms with van der Waals surface area (Å²) in [5.74, 6) is -0.601. The van der Waals surface area contributed by atoms with Gasteiger partial charge in [-0.25, -0.2) is 17.5 Å². The molecule has 1 aromatic rings. The molecule has 118 valence electrons. The van der Waals surface area contributed by atoms with Gasteiger partial charge < -0.3 is 5.73 Å². The summed E-state index contributed by atoms with van der Waals surface area (Å²) >= 11 is 1.70. The molecule has 0 radical (unpaired) electrons. The average molecular weight is 332 g/mol. The maximum absolute atomic E-state index is 13.7. The van der Waals surface area contributed by atoms with Gasteiger partial charge in [0.25, 0.3) is 0 Å². The van der Waals surface area contributed by atoms with Gasteiger partial charge >= 0.3 is 0 Å². The van der Waals surface area contributed by atoms with Crippen LogP contribution in [0.2, 0.25) is 0 Å². The van der Waals surface area contributed by atoms with Gasteiger partial charge in [-0.1, -0.05) is 12.8 Å². The molecule has 1 saturated carbocycles. The number of hydrogen-bond acceptors (Lipinski definition) is 4. The molecule has 4 nitrogen and oxygen atoms in total. The zero-order valence-electron chi connectivity index (χ0n) is 12.3. The molecule has 0 aromatic heterocycles. The highest BCUT2D eigenvalue weighted by Crippen LogP contribution is 2.39. The minimum Gasteiger partial charge on any atom is -0.399 e. The van der Waals surface area contributed by atoms with Crippen LogP contribution in [0.3, 0.4) is 0 Å². The molecule has 0 amide bonds. The predicted molar refractivity (Wildman–Crippen MR) is 85.5 cm³/mol. The van der Waals surface area contributed by atoms with E-state index in [2.05, 4.69) is 4.72 Å². The van der Waals surface area contributed by atoms with Gasteiger partial charge in [-0.2, -0.15) is 11.8 Å². The lowest BCUT2D eigenvalue weighted by molar-refractivity contribution is 0.548. The highest BCUT2D eigenvalue weighted by Gasteiger charge is 2.34. The summed E-state index contributed by atoms with van der Waals surface area (Å²) in [5.41, 5.74) is 5.77. The molecule has 1 aromatic carbocycles. The second kappa shape index (κ2) is 6.14. The van der Waals surface area contributed by atoms with Crippen LogP contribution in [0.4, 0.5) is 10.1 Å². The van der Waals surface area contributed by atoms with Crippen LogP contribution in [-0.2, 0) is 10.0 Å². The minimum absolute atomic E-state index is 0.0418. The van der Waals surface area contributed by atoms with Crippen LogP contribution in [0.25, 0.3) is 0 Å². The third-order valence-electron chi connectivity index (χ3n) is 4.14. The van der Waals surface area contributed by atoms with Crippen molar-refractivity contribution in [2.24, 2.45) is 0 Å². The molecule has 0 heterocycles. The number of rotatable bonds is 5. The van der Waals surface area contributed by atoms with E-state index in [0.717, 1.165) is 31.7 Å². The van der Waals surface area contributed by atoms with E-state index in [-0.39, 0.29) is 20.9 Å². The first-order valence-electron chi connectivity index (χ1n) is 6.90. The van der Waals surface area contributed by atoms with Gasteiger partial charge in [0.05, 0.1) is 4.90 Å². The zero-order chi connectivity index (χ0) is 15.7. The average Bonchev–Trinajstić information content (AvgIpc) is 2.90. The van der Waals surface area contributed by atoms with E-state index in [9.17, 15) is 12.8 Å². The summed E-state index contributed by atoms with van der Waals surface area (Å²) in [6, 6.07) is 2.44. The molecule has 1 aliphatic rings. The van der Waals surface area contributed by atoms with Gasteiger partial charge in [0, 0.05) is 22.5 Å². The number of anilines is 1. The maximum Gasteiger partial charge on any atom is 0.241 e. The Morgan fingerprint density at radius 3 is 2.57 bits per heavy atom. The molecule has 1 fully saturated rings. The molecule has 0 unspecified atom stereocenters. The van der Waals surface area contributed by atoms with Crippen molar-refractivity contribution in [1.29, 1.82) is 0 Å². The van der Waals surface area contributed by atoms with Crippen molar-refractivity contribution in [3.63, 3.8) is 0 Å². The molecule has 21 heavy (non-hydrogen) atoms. The van der Waals surface area contributed by atoms with Gasteiger partial charge in [-0.3, -0.25) is 0 Å². The maximum atomic E-state index is 13.7. The highest BCUT2D eigenvalue weighted by atomic mass is 32.2. The topological polar surface area (TPSA) is 72.2 Å². The Morgan fingerprint density at radius 2 is 2.00 bits per heavy atom. The van der Waals surface area contributed by atoms with Crippen LogP contribution in [0.15, 0.2) is 17.0 Å². The van der Waals surface area contributed by atoms with Crippen molar-refractivity contribution in [3.05, 3.63) is 23.5 Å². The molecule has 2 rings (SSSR count). The van der Waals surface area contributed by atoms with Gasteiger partial charge in [0.2, 0.25) is 10.0 Å². The monoisotopic (exact) mass is 332 g/mol. The molecule has 1 aliphatic carbocycles. The molecule has 0 spiro atoms. The molecule has 0 saturated heterocycles. The van der Waals surface area contributed by atoms with Gasteiger partial charge in [0.15, 0.2) is 0 Å². The van der Waals surface area contributed by atoms with E-state index in [0.29, 0.717) is 6.54 Å². The number of nitrogens with one attached hydrogen (secondary N) is 1. The largest absolute Gasteiger partial charge is 0.399 e. The highest BCUT2D eigenvalue weighted by molar-refractivity contribution is 8.00. The summed E-state index contributed by atoms with van der Waals surface area (Å²) < 4.78 is 41.1. The van der Waals surface area contributed by atoms with Crippen molar-refractivity contribution >= 4 is 27.5 Å². The van der Waals surface area contributed by atoms with Gasteiger partial charge in [0.1, 0.15) is 5.82 Å². The summed E-state index contributed by atoms with van der Waals surface area (Å²) in [4.78, 5) is -0.0748. The van der Waals surface area contributed by atoms with Crippen molar-refractivity contribution in [3.8, 4) is 0 Å². The normalized spacial score (nSPS) is 18.0. The Labute approximate surface area is 129 Å². The fourth-order valence-electron chi connectivity index (χ4n) is 2.73. The fourth-order valence-corrected chi connectivity index (χ4v) is 5.15. The Balaban J connectivity index is 2.23. The van der Waals surface area contributed by atoms with E-state index in [4.69, 9.17) is 5.73 Å². The summed E-state index contributed by atoms with van der Waals surface area (Å²) in [6.45, 7) is 1.82. The molecule has 0 aliphatic heterocycles. The standard InChI is InChI=1S/C14H21FN2O2S2/c1-10-12(15)7-11(16)8-13(10)21(18,19)17-9-14(20-2)5-3-4-6-14/h7-8,17H,3-6,9,16H2,1-2H3. The van der Waals surface area contributed by atoms with Crippen LogP contribution in [0.5, 0.6) is 0 Å². The third kappa shape index (κ3) is 3.52. The number of hydrogen-bond donors (Lipinski definition) is 2. The van der Waals surface area contributed by atoms with E-state index in [1.54, 1.807) is 11.8 Å². The van der Waals surface area contributed by atoms with Gasteiger partial charge in [-0.15, -0.1) is 0 Å². The Hall–Kier alpha value is -0.790. The van der Waals surface area contributed by atoms with E-state index < -0.39 is 15.8 Å². The van der Waals surface area contributed by atoms with Gasteiger partial charge in [-0.05, 0) is 38.2 Å². The summed E-state index contributed by atoms with van der Waals surface area (Å²) in [6.07, 6.45) is 6.25. The number of nitrogen functional groups attached to an aromatic ring is 1. The molecular formula is C14H21FN2O2S2. The third-order valence-corrected chi connectivity index (χ3v) is 7.09. The number of benzene rings is 1. The zero-order valence-corrected chi connectivity index (χ0v) is 13.9. The summed E-state index contributed by atoms with van der Waals surface area (Å²) in [5, 5.41) is 0. The fraction of sp³-hybridized carbons (Fsp3) is 0.571. The van der Waals surface area contributed by atoms with Crippen molar-refractivity contribution < 1.29 is 12.8 Å². The Kier molecular flexibility index (Phi) is 4.85. The molecule has 7 heteroatoms.